The predicted molar refractivity (Wildman–Crippen MR) is 122 cm³/mol. The van der Waals surface area contributed by atoms with E-state index in [1.54, 1.807) is 13.2 Å². The van der Waals surface area contributed by atoms with Gasteiger partial charge in [-0.15, -0.1) is 0 Å². The summed E-state index contributed by atoms with van der Waals surface area (Å²) in [6.07, 6.45) is 0. The number of halogens is 1. The SMILES string of the molecule is COc1ccc(Cl)cc1-c1nc(=S)n(CN2CCN(Cc3ccccc3C)CC2)[nH]1. The number of aromatic nitrogens is 3. The quantitative estimate of drug-likeness (QED) is 0.574. The van der Waals surface area contributed by atoms with E-state index in [1.807, 2.05) is 16.8 Å². The molecule has 4 rings (SSSR count). The summed E-state index contributed by atoms with van der Waals surface area (Å²) in [7, 11) is 1.63. The van der Waals surface area contributed by atoms with Crippen LogP contribution in [0.25, 0.3) is 11.4 Å². The zero-order valence-electron chi connectivity index (χ0n) is 17.3. The maximum absolute atomic E-state index is 6.16. The molecule has 0 radical (unpaired) electrons. The van der Waals surface area contributed by atoms with Gasteiger partial charge in [-0.05, 0) is 48.5 Å². The van der Waals surface area contributed by atoms with Gasteiger partial charge >= 0.3 is 0 Å². The Balaban J connectivity index is 1.40. The number of nitrogens with one attached hydrogen (secondary N) is 1. The standard InChI is InChI=1S/C22H26ClN5OS/c1-16-5-3-4-6-17(16)14-26-9-11-27(12-10-26)15-28-22(30)24-21(25-28)19-13-18(23)7-8-20(19)29-2/h3-8,13H,9-12,14-15H2,1-2H3,(H,24,25,30). The predicted octanol–water partition coefficient (Wildman–Crippen LogP) is 4.35. The number of piperazine rings is 1. The monoisotopic (exact) mass is 443 g/mol. The minimum atomic E-state index is 0.523. The average Bonchev–Trinajstić information content (AvgIpc) is 3.11. The number of H-pyrrole nitrogens is 1. The highest BCUT2D eigenvalue weighted by molar-refractivity contribution is 7.71. The molecule has 0 atom stereocenters. The zero-order valence-corrected chi connectivity index (χ0v) is 18.8. The number of nitrogens with zero attached hydrogens (tertiary/aromatic N) is 4. The third kappa shape index (κ3) is 4.75. The Bertz CT molecular complexity index is 1070. The highest BCUT2D eigenvalue weighted by Gasteiger charge is 2.19. The highest BCUT2D eigenvalue weighted by Crippen LogP contribution is 2.30. The van der Waals surface area contributed by atoms with Crippen LogP contribution in [0.3, 0.4) is 0 Å². The van der Waals surface area contributed by atoms with E-state index < -0.39 is 0 Å². The highest BCUT2D eigenvalue weighted by atomic mass is 35.5. The second-order valence-electron chi connectivity index (χ2n) is 7.59. The number of hydrogen-bond acceptors (Lipinski definition) is 5. The molecule has 1 aliphatic heterocycles. The summed E-state index contributed by atoms with van der Waals surface area (Å²) in [6.45, 7) is 7.91. The van der Waals surface area contributed by atoms with Crippen molar-refractivity contribution in [3.63, 3.8) is 0 Å². The second kappa shape index (κ2) is 9.31. The van der Waals surface area contributed by atoms with Crippen molar-refractivity contribution >= 4 is 23.8 Å². The van der Waals surface area contributed by atoms with E-state index in [0.29, 0.717) is 28.0 Å². The molecular weight excluding hydrogens is 418 g/mol. The molecule has 0 amide bonds. The van der Waals surface area contributed by atoms with Crippen LogP contribution >= 0.6 is 23.8 Å². The van der Waals surface area contributed by atoms with Crippen molar-refractivity contribution in [2.75, 3.05) is 33.3 Å². The number of aryl methyl sites for hydroxylation is 1. The summed E-state index contributed by atoms with van der Waals surface area (Å²) >= 11 is 11.7. The first-order chi connectivity index (χ1) is 14.5. The molecule has 3 aromatic rings. The van der Waals surface area contributed by atoms with E-state index in [9.17, 15) is 0 Å². The van der Waals surface area contributed by atoms with E-state index in [1.165, 1.54) is 11.1 Å². The molecule has 0 saturated carbocycles. The van der Waals surface area contributed by atoms with Gasteiger partial charge < -0.3 is 4.74 Å². The largest absolute Gasteiger partial charge is 0.496 e. The number of hydrogen-bond donors (Lipinski definition) is 1. The number of aromatic amines is 1. The fraction of sp³-hybridized carbons (Fsp3) is 0.364. The van der Waals surface area contributed by atoms with Crippen molar-refractivity contribution in [1.82, 2.24) is 24.6 Å². The summed E-state index contributed by atoms with van der Waals surface area (Å²) < 4.78 is 7.87. The Morgan fingerprint density at radius 3 is 2.57 bits per heavy atom. The Morgan fingerprint density at radius 2 is 1.83 bits per heavy atom. The Hall–Kier alpha value is -2.19. The maximum atomic E-state index is 6.16. The van der Waals surface area contributed by atoms with Gasteiger partial charge in [-0.3, -0.25) is 14.9 Å². The molecular formula is C22H26ClN5OS. The lowest BCUT2D eigenvalue weighted by Crippen LogP contribution is -2.46. The molecule has 6 nitrogen and oxygen atoms in total. The Kier molecular flexibility index (Phi) is 6.53. The molecule has 2 heterocycles. The van der Waals surface area contributed by atoms with Crippen LogP contribution < -0.4 is 4.74 Å². The molecule has 1 aromatic heterocycles. The van der Waals surface area contributed by atoms with Gasteiger partial charge in [0.25, 0.3) is 0 Å². The lowest BCUT2D eigenvalue weighted by molar-refractivity contribution is 0.0981. The van der Waals surface area contributed by atoms with Crippen LogP contribution in [0, 0.1) is 11.7 Å². The lowest BCUT2D eigenvalue weighted by atomic mass is 10.1. The van der Waals surface area contributed by atoms with Crippen LogP contribution in [0.4, 0.5) is 0 Å². The third-order valence-electron chi connectivity index (χ3n) is 5.56. The van der Waals surface area contributed by atoms with Gasteiger partial charge in [0.1, 0.15) is 5.75 Å². The van der Waals surface area contributed by atoms with Crippen molar-refractivity contribution in [3.8, 4) is 17.1 Å². The molecule has 30 heavy (non-hydrogen) atoms. The molecule has 2 aromatic carbocycles. The van der Waals surface area contributed by atoms with Crippen LogP contribution in [0.2, 0.25) is 5.02 Å². The van der Waals surface area contributed by atoms with E-state index >= 15 is 0 Å². The van der Waals surface area contributed by atoms with Crippen LogP contribution in [-0.4, -0.2) is 57.9 Å². The summed E-state index contributed by atoms with van der Waals surface area (Å²) in [6, 6.07) is 14.1. The molecule has 0 unspecified atom stereocenters. The minimum Gasteiger partial charge on any atom is -0.496 e. The summed E-state index contributed by atoms with van der Waals surface area (Å²) in [5, 5.41) is 3.94. The molecule has 1 fully saturated rings. The fourth-order valence-electron chi connectivity index (χ4n) is 3.76. The van der Waals surface area contributed by atoms with Gasteiger partial charge in [-0.1, -0.05) is 35.9 Å². The molecule has 0 bridgehead atoms. The first-order valence-electron chi connectivity index (χ1n) is 10.0. The van der Waals surface area contributed by atoms with Crippen molar-refractivity contribution in [2.45, 2.75) is 20.1 Å². The van der Waals surface area contributed by atoms with Crippen LogP contribution in [0.15, 0.2) is 42.5 Å². The van der Waals surface area contributed by atoms with Crippen molar-refractivity contribution in [2.24, 2.45) is 0 Å². The third-order valence-corrected chi connectivity index (χ3v) is 6.10. The van der Waals surface area contributed by atoms with Gasteiger partial charge in [0.2, 0.25) is 4.77 Å². The minimum absolute atomic E-state index is 0.523. The second-order valence-corrected chi connectivity index (χ2v) is 8.39. The maximum Gasteiger partial charge on any atom is 0.217 e. The molecule has 1 N–H and O–H groups in total. The van der Waals surface area contributed by atoms with E-state index in [2.05, 4.69) is 51.1 Å². The van der Waals surface area contributed by atoms with Crippen LogP contribution in [0.1, 0.15) is 11.1 Å². The van der Waals surface area contributed by atoms with Crippen molar-refractivity contribution < 1.29 is 4.74 Å². The topological polar surface area (TPSA) is 49.3 Å². The Labute approximate surface area is 187 Å². The number of rotatable bonds is 6. The summed E-state index contributed by atoms with van der Waals surface area (Å²) in [4.78, 5) is 9.42. The van der Waals surface area contributed by atoms with Crippen LogP contribution in [0.5, 0.6) is 5.75 Å². The van der Waals surface area contributed by atoms with Crippen molar-refractivity contribution in [1.29, 1.82) is 0 Å². The van der Waals surface area contributed by atoms with Gasteiger partial charge in [0.15, 0.2) is 5.82 Å². The van der Waals surface area contributed by atoms with Gasteiger partial charge in [0.05, 0.1) is 19.3 Å². The van der Waals surface area contributed by atoms with E-state index in [4.69, 9.17) is 28.6 Å². The smallest absolute Gasteiger partial charge is 0.217 e. The fourth-order valence-corrected chi connectivity index (χ4v) is 4.12. The van der Waals surface area contributed by atoms with Gasteiger partial charge in [-0.25, -0.2) is 4.68 Å². The van der Waals surface area contributed by atoms with E-state index in [0.717, 1.165) is 38.3 Å². The average molecular weight is 444 g/mol. The Morgan fingerprint density at radius 1 is 1.10 bits per heavy atom. The summed E-state index contributed by atoms with van der Waals surface area (Å²) in [5.74, 6) is 1.37. The number of ether oxygens (including phenoxy) is 1. The van der Waals surface area contributed by atoms with Gasteiger partial charge in [-0.2, -0.15) is 4.98 Å². The molecule has 0 spiro atoms. The van der Waals surface area contributed by atoms with E-state index in [-0.39, 0.29) is 0 Å². The molecule has 8 heteroatoms. The molecule has 1 aliphatic rings. The van der Waals surface area contributed by atoms with Crippen LogP contribution in [-0.2, 0) is 13.2 Å². The summed E-state index contributed by atoms with van der Waals surface area (Å²) in [5.41, 5.74) is 3.56. The molecule has 158 valence electrons. The first kappa shape index (κ1) is 21.1. The lowest BCUT2D eigenvalue weighted by Gasteiger charge is -2.34. The normalized spacial score (nSPS) is 15.4. The first-order valence-corrected chi connectivity index (χ1v) is 10.8. The number of methoxy groups -OCH3 is 1. The molecule has 1 saturated heterocycles. The van der Waals surface area contributed by atoms with Crippen molar-refractivity contribution in [3.05, 3.63) is 63.4 Å². The molecule has 0 aliphatic carbocycles. The zero-order chi connectivity index (χ0) is 21.1. The van der Waals surface area contributed by atoms with Gasteiger partial charge in [0, 0.05) is 37.7 Å². The number of benzene rings is 2.